The molecule has 0 saturated heterocycles. The monoisotopic (exact) mass is 848 g/mol. The molecule has 302 valence electrons. The summed E-state index contributed by atoms with van der Waals surface area (Å²) >= 11 is 0. The predicted octanol–water partition coefficient (Wildman–Crippen LogP) is -6.05. The number of phosphoric ester groups is 2. The lowest BCUT2D eigenvalue weighted by atomic mass is 10.1. The van der Waals surface area contributed by atoms with Crippen LogP contribution >= 0.6 is 31.1 Å². The molecule has 0 spiro atoms. The van der Waals surface area contributed by atoms with Gasteiger partial charge in [0.15, 0.2) is 6.04 Å². The first-order chi connectivity index (χ1) is 24.0. The summed E-state index contributed by atoms with van der Waals surface area (Å²) in [5.41, 5.74) is 5.65. The van der Waals surface area contributed by atoms with Crippen molar-refractivity contribution >= 4 is 66.6 Å². The van der Waals surface area contributed by atoms with E-state index in [2.05, 4.69) is 14.0 Å². The number of phosphoric acid groups is 2. The number of aromatic nitrogens is 2. The fourth-order valence-electron chi connectivity index (χ4n) is 3.76. The van der Waals surface area contributed by atoms with Gasteiger partial charge in [0.2, 0.25) is 29.5 Å². The molecule has 0 bridgehead atoms. The van der Waals surface area contributed by atoms with Gasteiger partial charge in [-0.1, -0.05) is 0 Å². The number of nitrogens with zero attached hydrogens (tertiary/aromatic N) is 2. The largest absolute Gasteiger partial charge is 0.480 e. The third-order valence-corrected chi connectivity index (χ3v) is 8.53. The minimum absolute atomic E-state index is 0.128. The molecule has 0 aromatic carbocycles. The molecule has 1 heterocycles. The minimum atomic E-state index is -5.35. The van der Waals surface area contributed by atoms with Gasteiger partial charge in [0.05, 0.1) is 31.0 Å². The van der Waals surface area contributed by atoms with Crippen LogP contribution in [0.4, 0.5) is 0 Å². The number of aliphatic carboxylic acids is 1. The molecular formula is C20H36N8O21P4. The molecule has 0 radical (unpaired) electrons. The summed E-state index contributed by atoms with van der Waals surface area (Å²) in [6.45, 7) is -1.54. The number of carbonyl (C=O) groups excluding carboxylic acids is 5. The Morgan fingerprint density at radius 2 is 1.43 bits per heavy atom. The van der Waals surface area contributed by atoms with Gasteiger partial charge in [0.25, 0.3) is 0 Å². The Morgan fingerprint density at radius 1 is 0.849 bits per heavy atom. The Balaban J connectivity index is 3.21. The lowest BCUT2D eigenvalue weighted by Gasteiger charge is -2.24. The Labute approximate surface area is 296 Å². The first kappa shape index (κ1) is 47.5. The topological polar surface area (TPSA) is 475 Å². The molecule has 5 atom stereocenters. The molecule has 0 saturated carbocycles. The van der Waals surface area contributed by atoms with Crippen LogP contribution in [0.3, 0.4) is 0 Å². The zero-order valence-corrected chi connectivity index (χ0v) is 30.3. The van der Waals surface area contributed by atoms with Crippen molar-refractivity contribution in [2.24, 2.45) is 5.73 Å². The van der Waals surface area contributed by atoms with Crippen molar-refractivity contribution in [2.45, 2.75) is 56.5 Å². The zero-order chi connectivity index (χ0) is 41.1. The molecule has 1 aromatic heterocycles. The Kier molecular flexibility index (Phi) is 17.7. The van der Waals surface area contributed by atoms with Gasteiger partial charge >= 0.3 is 37.1 Å². The highest BCUT2D eigenvalue weighted by molar-refractivity contribution is 7.50. The molecule has 1 aromatic rings. The van der Waals surface area contributed by atoms with Gasteiger partial charge in [0, 0.05) is 19.0 Å². The third kappa shape index (κ3) is 19.4. The maximum Gasteiger partial charge on any atom is 0.469 e. The van der Waals surface area contributed by atoms with Crippen molar-refractivity contribution in [1.29, 1.82) is 0 Å². The number of nitrogens with one attached hydrogen (secondary N) is 5. The number of amides is 5. The van der Waals surface area contributed by atoms with E-state index >= 15 is 0 Å². The highest BCUT2D eigenvalue weighted by Gasteiger charge is 2.34. The van der Waals surface area contributed by atoms with E-state index in [1.165, 1.54) is 5.09 Å². The number of carbonyl (C=O) groups is 6. The number of rotatable bonds is 22. The second-order valence-electron chi connectivity index (χ2n) is 10.5. The number of nitrogens with two attached hydrogens (primary N) is 1. The summed E-state index contributed by atoms with van der Waals surface area (Å²) in [6.07, 6.45) is -2.50. The van der Waals surface area contributed by atoms with Gasteiger partial charge in [-0.3, -0.25) is 38.1 Å². The minimum Gasteiger partial charge on any atom is -0.480 e. The Morgan fingerprint density at radius 3 is 1.92 bits per heavy atom. The summed E-state index contributed by atoms with van der Waals surface area (Å²) in [4.78, 5) is 151. The van der Waals surface area contributed by atoms with Crippen molar-refractivity contribution in [3.63, 3.8) is 0 Å². The van der Waals surface area contributed by atoms with Crippen molar-refractivity contribution in [3.05, 3.63) is 18.2 Å². The average molecular weight is 848 g/mol. The van der Waals surface area contributed by atoms with Crippen LogP contribution in [0.1, 0.15) is 25.5 Å². The highest BCUT2D eigenvalue weighted by atomic mass is 31.2. The van der Waals surface area contributed by atoms with Gasteiger partial charge in [0.1, 0.15) is 18.4 Å². The fourth-order valence-corrected chi connectivity index (χ4v) is 5.56. The van der Waals surface area contributed by atoms with Gasteiger partial charge < -0.3 is 71.3 Å². The van der Waals surface area contributed by atoms with E-state index in [1.54, 1.807) is 5.32 Å². The quantitative estimate of drug-likeness (QED) is 0.0483. The summed E-state index contributed by atoms with van der Waals surface area (Å²) in [7, 11) is -20.5. The zero-order valence-electron chi connectivity index (χ0n) is 26.8. The maximum atomic E-state index is 13.2. The van der Waals surface area contributed by atoms with Crippen LogP contribution in [0.2, 0.25) is 0 Å². The van der Waals surface area contributed by atoms with Crippen LogP contribution in [0.5, 0.6) is 0 Å². The molecule has 29 nitrogen and oxygen atoms in total. The standard InChI is InChI=1S/C20H36N8O21P4/c1-9(49-53(45,46)47)16(20(34)35)26-15(30)5-22-18(32)12(2-3-14(29)27-50(36,37)38)24-19(33)13(7-48-52(42,43)44)25-17(31)11(21)4-10-6-28(8-23-10)51(39,40)41/h6,8-9,11-13,16H,2-5,7,21H2,1H3,(H,22,32)(H,24,33)(H,25,31)(H,26,30)(H,34,35)(H2,39,40,41)(H2,42,43,44)(H2,45,46,47)(H3,27,29,36,37,38)/t9-,11+,12+,13+,16+/m1/s1. The van der Waals surface area contributed by atoms with Crippen LogP contribution < -0.4 is 32.1 Å². The highest BCUT2D eigenvalue weighted by Crippen LogP contribution is 2.38. The van der Waals surface area contributed by atoms with Crippen molar-refractivity contribution < 1.29 is 100 Å². The molecular weight excluding hydrogens is 812 g/mol. The Hall–Kier alpha value is -3.49. The number of carboxylic acid groups (broad SMARTS) is 1. The molecule has 5 amide bonds. The van der Waals surface area contributed by atoms with E-state index in [0.717, 1.165) is 19.4 Å². The summed E-state index contributed by atoms with van der Waals surface area (Å²) in [5.74, 6) is -8.58. The molecule has 0 fully saturated rings. The molecule has 16 N–H and O–H groups in total. The summed E-state index contributed by atoms with van der Waals surface area (Å²) in [5, 5.41) is 18.2. The molecule has 33 heteroatoms. The van der Waals surface area contributed by atoms with Crippen LogP contribution in [0.15, 0.2) is 12.5 Å². The van der Waals surface area contributed by atoms with Crippen LogP contribution in [-0.4, -0.2) is 133 Å². The molecule has 1 rings (SSSR count). The fraction of sp³-hybridized carbons (Fsp3) is 0.550. The van der Waals surface area contributed by atoms with Crippen LogP contribution in [0.25, 0.3) is 0 Å². The maximum absolute atomic E-state index is 13.2. The smallest absolute Gasteiger partial charge is 0.469 e. The van der Waals surface area contributed by atoms with E-state index in [1.807, 2.05) is 16.0 Å². The number of carboxylic acids is 1. The normalized spacial score (nSPS) is 15.2. The van der Waals surface area contributed by atoms with Crippen molar-refractivity contribution in [3.8, 4) is 0 Å². The van der Waals surface area contributed by atoms with Crippen LogP contribution in [0, 0.1) is 0 Å². The summed E-state index contributed by atoms with van der Waals surface area (Å²) in [6, 6.07) is -7.79. The van der Waals surface area contributed by atoms with Gasteiger partial charge in [-0.15, -0.1) is 0 Å². The first-order valence-electron chi connectivity index (χ1n) is 14.0. The molecule has 53 heavy (non-hydrogen) atoms. The third-order valence-electron chi connectivity index (χ3n) is 6.07. The van der Waals surface area contributed by atoms with Crippen molar-refractivity contribution in [2.75, 3.05) is 13.2 Å². The molecule has 0 aliphatic carbocycles. The lowest BCUT2D eigenvalue weighted by molar-refractivity contribution is -0.144. The summed E-state index contributed by atoms with van der Waals surface area (Å²) < 4.78 is 53.7. The Bertz CT molecular complexity index is 1700. The van der Waals surface area contributed by atoms with E-state index < -0.39 is 129 Å². The van der Waals surface area contributed by atoms with E-state index in [4.69, 9.17) is 35.1 Å². The number of hydrogen-bond donors (Lipinski definition) is 15. The molecule has 0 unspecified atom stereocenters. The number of imidazole rings is 1. The van der Waals surface area contributed by atoms with Gasteiger partial charge in [-0.25, -0.2) is 32.4 Å². The van der Waals surface area contributed by atoms with E-state index in [0.29, 0.717) is 4.34 Å². The van der Waals surface area contributed by atoms with E-state index in [9.17, 15) is 61.9 Å². The SMILES string of the molecule is C[C@@H](OP(=O)(O)O)[C@H](NC(=O)CNC(=O)[C@H](CCC(=O)NP(=O)(O)O)NC(=O)[C@H](COP(=O)(O)O)NC(=O)[C@@H](N)Cc1cn(P(=O)(O)O)cn1)C(=O)O. The van der Waals surface area contributed by atoms with E-state index in [-0.39, 0.29) is 5.69 Å². The molecule has 0 aliphatic heterocycles. The van der Waals surface area contributed by atoms with Gasteiger partial charge in [-0.2, -0.15) is 0 Å². The van der Waals surface area contributed by atoms with Gasteiger partial charge in [-0.05, 0) is 13.3 Å². The first-order valence-corrected chi connectivity index (χ1v) is 20.3. The number of hydrogen-bond acceptors (Lipinski definition) is 14. The predicted molar refractivity (Wildman–Crippen MR) is 168 cm³/mol. The lowest BCUT2D eigenvalue weighted by Crippen LogP contribution is -2.58. The second kappa shape index (κ2) is 19.7. The van der Waals surface area contributed by atoms with Crippen LogP contribution in [-0.2, 0) is 62.5 Å². The second-order valence-corrected chi connectivity index (χ2v) is 15.7. The average Bonchev–Trinajstić information content (AvgIpc) is 3.45. The molecule has 0 aliphatic rings. The van der Waals surface area contributed by atoms with Crippen molar-refractivity contribution in [1.82, 2.24) is 35.7 Å².